The summed E-state index contributed by atoms with van der Waals surface area (Å²) in [7, 11) is -3.66. The van der Waals surface area contributed by atoms with Gasteiger partial charge in [0.2, 0.25) is 0 Å². The molecule has 0 unspecified atom stereocenters. The van der Waals surface area contributed by atoms with Crippen LogP contribution in [0, 0.1) is 0 Å². The normalized spacial score (nSPS) is 21.8. The largest absolute Gasteiger partial charge is 0.478 e. The van der Waals surface area contributed by atoms with E-state index in [1.807, 2.05) is 0 Å². The van der Waals surface area contributed by atoms with Crippen LogP contribution in [0.5, 0.6) is 0 Å². The third-order valence-electron chi connectivity index (χ3n) is 2.54. The molecule has 2 heterocycles. The number of nitrogens with zero attached hydrogens (tertiary/aromatic N) is 1. The van der Waals surface area contributed by atoms with Gasteiger partial charge in [0.25, 0.3) is 10.0 Å². The number of β-amino-alcohol motifs (C(OH)–C–C–N with tert-alkyl or cyclic N) is 1. The fraction of sp³-hybridized carbons (Fsp3) is 0.444. The molecule has 0 bridgehead atoms. The third-order valence-corrected chi connectivity index (χ3v) is 5.82. The van der Waals surface area contributed by atoms with Crippen LogP contribution in [0.4, 0.5) is 0 Å². The number of thiophene rings is 1. The van der Waals surface area contributed by atoms with Gasteiger partial charge in [-0.1, -0.05) is 0 Å². The quantitative estimate of drug-likeness (QED) is 0.823. The summed E-state index contributed by atoms with van der Waals surface area (Å²) in [5.41, 5.74) is -0.0340. The maximum absolute atomic E-state index is 12.0. The highest BCUT2D eigenvalue weighted by atomic mass is 32.2. The number of aliphatic hydroxyl groups excluding tert-OH is 1. The van der Waals surface area contributed by atoms with Gasteiger partial charge in [-0.3, -0.25) is 0 Å². The van der Waals surface area contributed by atoms with Crippen molar-refractivity contribution in [3.05, 3.63) is 17.0 Å². The molecule has 6 nitrogen and oxygen atoms in total. The number of hydrogen-bond acceptors (Lipinski definition) is 5. The number of hydrogen-bond donors (Lipinski definition) is 2. The van der Waals surface area contributed by atoms with E-state index in [1.54, 1.807) is 0 Å². The average molecular weight is 277 g/mol. The summed E-state index contributed by atoms with van der Waals surface area (Å²) in [6, 6.07) is 1.15. The average Bonchev–Trinajstić information content (AvgIpc) is 2.85. The van der Waals surface area contributed by atoms with E-state index in [1.165, 1.54) is 9.69 Å². The molecule has 2 rings (SSSR count). The van der Waals surface area contributed by atoms with Crippen molar-refractivity contribution in [1.82, 2.24) is 4.31 Å². The SMILES string of the molecule is O=C(O)c1csc(S(=O)(=O)N2CC[C@@H](O)C2)c1. The van der Waals surface area contributed by atoms with Crippen molar-refractivity contribution in [2.24, 2.45) is 0 Å². The molecule has 0 spiro atoms. The fourth-order valence-electron chi connectivity index (χ4n) is 1.62. The van der Waals surface area contributed by atoms with Gasteiger partial charge in [0, 0.05) is 18.5 Å². The van der Waals surface area contributed by atoms with Gasteiger partial charge in [0.15, 0.2) is 0 Å². The Hall–Kier alpha value is -0.960. The van der Waals surface area contributed by atoms with Crippen LogP contribution in [0.15, 0.2) is 15.7 Å². The van der Waals surface area contributed by atoms with E-state index in [4.69, 9.17) is 5.11 Å². The zero-order valence-corrected chi connectivity index (χ0v) is 10.4. The molecule has 1 aromatic heterocycles. The first-order chi connectivity index (χ1) is 7.91. The molecule has 0 amide bonds. The Bertz CT molecular complexity index is 535. The standard InChI is InChI=1S/C9H11NO5S2/c11-7-1-2-10(4-7)17(14,15)8-3-6(5-16-8)9(12)13/h3,5,7,11H,1-2,4H2,(H,12,13)/t7-/m1/s1. The van der Waals surface area contributed by atoms with E-state index in [0.717, 1.165) is 17.4 Å². The monoisotopic (exact) mass is 277 g/mol. The second kappa shape index (κ2) is 4.37. The van der Waals surface area contributed by atoms with Crippen molar-refractivity contribution in [1.29, 1.82) is 0 Å². The first-order valence-corrected chi connectivity index (χ1v) is 7.23. The van der Waals surface area contributed by atoms with E-state index < -0.39 is 22.1 Å². The molecule has 1 aromatic rings. The molecule has 0 aromatic carbocycles. The smallest absolute Gasteiger partial charge is 0.336 e. The van der Waals surface area contributed by atoms with Crippen LogP contribution in [0.1, 0.15) is 16.8 Å². The number of carboxylic acids is 1. The van der Waals surface area contributed by atoms with Gasteiger partial charge in [-0.2, -0.15) is 4.31 Å². The lowest BCUT2D eigenvalue weighted by Gasteiger charge is -2.13. The number of aromatic carboxylic acids is 1. The molecule has 0 aliphatic carbocycles. The summed E-state index contributed by atoms with van der Waals surface area (Å²) in [6.07, 6.45) is -0.222. The van der Waals surface area contributed by atoms with Crippen molar-refractivity contribution in [3.63, 3.8) is 0 Å². The van der Waals surface area contributed by atoms with Gasteiger partial charge < -0.3 is 10.2 Å². The maximum atomic E-state index is 12.0. The number of aliphatic hydroxyl groups is 1. The minimum atomic E-state index is -3.66. The first-order valence-electron chi connectivity index (χ1n) is 4.91. The Morgan fingerprint density at radius 1 is 1.53 bits per heavy atom. The van der Waals surface area contributed by atoms with E-state index in [2.05, 4.69) is 0 Å². The lowest BCUT2D eigenvalue weighted by molar-refractivity contribution is 0.0697. The van der Waals surface area contributed by atoms with Crippen LogP contribution in [0.25, 0.3) is 0 Å². The highest BCUT2D eigenvalue weighted by Gasteiger charge is 2.32. The van der Waals surface area contributed by atoms with Crippen LogP contribution in [-0.4, -0.2) is 48.1 Å². The van der Waals surface area contributed by atoms with Crippen molar-refractivity contribution >= 4 is 27.3 Å². The second-order valence-corrected chi connectivity index (χ2v) is 6.84. The van der Waals surface area contributed by atoms with Crippen LogP contribution in [0.3, 0.4) is 0 Å². The van der Waals surface area contributed by atoms with Gasteiger partial charge in [0.1, 0.15) is 4.21 Å². The van der Waals surface area contributed by atoms with Crippen LogP contribution < -0.4 is 0 Å². The molecular formula is C9H11NO5S2. The fourth-order valence-corrected chi connectivity index (χ4v) is 4.42. The molecule has 1 atom stereocenters. The van der Waals surface area contributed by atoms with Crippen molar-refractivity contribution in [2.75, 3.05) is 13.1 Å². The molecule has 94 valence electrons. The van der Waals surface area contributed by atoms with Crippen molar-refractivity contribution < 1.29 is 23.4 Å². The summed E-state index contributed by atoms with van der Waals surface area (Å²) < 4.78 is 25.3. The van der Waals surface area contributed by atoms with Crippen LogP contribution in [-0.2, 0) is 10.0 Å². The van der Waals surface area contributed by atoms with E-state index in [9.17, 15) is 18.3 Å². The Balaban J connectivity index is 2.28. The van der Waals surface area contributed by atoms with Crippen molar-refractivity contribution in [3.8, 4) is 0 Å². The van der Waals surface area contributed by atoms with E-state index >= 15 is 0 Å². The molecule has 1 aliphatic rings. The Kier molecular flexibility index (Phi) is 3.21. The van der Waals surface area contributed by atoms with E-state index in [-0.39, 0.29) is 22.9 Å². The summed E-state index contributed by atoms with van der Waals surface area (Å²) in [5.74, 6) is -1.15. The van der Waals surface area contributed by atoms with E-state index in [0.29, 0.717) is 6.42 Å². The summed E-state index contributed by atoms with van der Waals surface area (Å²) >= 11 is 0.881. The highest BCUT2D eigenvalue weighted by Crippen LogP contribution is 2.26. The minimum Gasteiger partial charge on any atom is -0.478 e. The number of carbonyl (C=O) groups is 1. The summed E-state index contributed by atoms with van der Waals surface area (Å²) in [4.78, 5) is 10.7. The zero-order chi connectivity index (χ0) is 12.6. The van der Waals surface area contributed by atoms with Gasteiger partial charge in [-0.15, -0.1) is 11.3 Å². The molecule has 2 N–H and O–H groups in total. The molecule has 1 aliphatic heterocycles. The molecule has 17 heavy (non-hydrogen) atoms. The van der Waals surface area contributed by atoms with Crippen molar-refractivity contribution in [2.45, 2.75) is 16.7 Å². The highest BCUT2D eigenvalue weighted by molar-refractivity contribution is 7.91. The number of rotatable bonds is 3. The Morgan fingerprint density at radius 3 is 2.71 bits per heavy atom. The lowest BCUT2D eigenvalue weighted by atomic mass is 10.3. The zero-order valence-electron chi connectivity index (χ0n) is 8.74. The van der Waals surface area contributed by atoms with Gasteiger partial charge in [-0.05, 0) is 12.5 Å². The minimum absolute atomic E-state index is 0.00370. The summed E-state index contributed by atoms with van der Waals surface area (Å²) in [6.45, 7) is 0.340. The van der Waals surface area contributed by atoms with Crippen LogP contribution >= 0.6 is 11.3 Å². The predicted octanol–water partition coefficient (Wildman–Crippen LogP) is 0.202. The number of sulfonamides is 1. The molecule has 1 saturated heterocycles. The van der Waals surface area contributed by atoms with Gasteiger partial charge >= 0.3 is 5.97 Å². The Morgan fingerprint density at radius 2 is 2.24 bits per heavy atom. The Labute approximate surface area is 102 Å². The third kappa shape index (κ3) is 2.34. The predicted molar refractivity (Wildman–Crippen MR) is 60.7 cm³/mol. The molecular weight excluding hydrogens is 266 g/mol. The van der Waals surface area contributed by atoms with Crippen LogP contribution in [0.2, 0.25) is 0 Å². The van der Waals surface area contributed by atoms with Gasteiger partial charge in [0.05, 0.1) is 11.7 Å². The molecule has 1 fully saturated rings. The molecule has 8 heteroatoms. The first kappa shape index (κ1) is 12.5. The summed E-state index contributed by atoms with van der Waals surface area (Å²) in [5, 5.41) is 19.3. The number of carboxylic acid groups (broad SMARTS) is 1. The topological polar surface area (TPSA) is 94.9 Å². The lowest BCUT2D eigenvalue weighted by Crippen LogP contribution is -2.29. The maximum Gasteiger partial charge on any atom is 0.336 e. The second-order valence-electron chi connectivity index (χ2n) is 3.77. The molecule has 0 saturated carbocycles. The van der Waals surface area contributed by atoms with Gasteiger partial charge in [-0.25, -0.2) is 13.2 Å². The molecule has 0 radical (unpaired) electrons.